The zero-order chi connectivity index (χ0) is 22.8. The van der Waals surface area contributed by atoms with E-state index in [2.05, 4.69) is 10.2 Å². The minimum atomic E-state index is -0.299. The Kier molecular flexibility index (Phi) is 7.15. The van der Waals surface area contributed by atoms with Crippen molar-refractivity contribution in [1.82, 2.24) is 4.90 Å². The number of amides is 2. The SMILES string of the molecule is CCCC(=O)N1CCN(c2ccc(Cl)cc2NC(=O)c2sc3cc(Cl)ccc3c2Cl)CC1. The van der Waals surface area contributed by atoms with Crippen molar-refractivity contribution in [2.45, 2.75) is 19.8 Å². The fraction of sp³-hybridized carbons (Fsp3) is 0.304. The first-order chi connectivity index (χ1) is 15.4. The van der Waals surface area contributed by atoms with E-state index in [9.17, 15) is 9.59 Å². The van der Waals surface area contributed by atoms with Crippen LogP contribution in [0.15, 0.2) is 36.4 Å². The van der Waals surface area contributed by atoms with Crippen molar-refractivity contribution in [3.05, 3.63) is 56.3 Å². The lowest BCUT2D eigenvalue weighted by molar-refractivity contribution is -0.131. The van der Waals surface area contributed by atoms with Gasteiger partial charge in [-0.15, -0.1) is 11.3 Å². The van der Waals surface area contributed by atoms with Gasteiger partial charge in [-0.2, -0.15) is 0 Å². The number of benzene rings is 2. The number of hydrogen-bond acceptors (Lipinski definition) is 4. The van der Waals surface area contributed by atoms with Gasteiger partial charge in [0.2, 0.25) is 5.91 Å². The molecule has 1 aromatic heterocycles. The van der Waals surface area contributed by atoms with E-state index in [1.807, 2.05) is 24.0 Å². The Morgan fingerprint density at radius 1 is 1.00 bits per heavy atom. The van der Waals surface area contributed by atoms with Gasteiger partial charge in [0, 0.05) is 52.7 Å². The zero-order valence-electron chi connectivity index (χ0n) is 17.5. The second-order valence-corrected chi connectivity index (χ2v) is 9.92. The van der Waals surface area contributed by atoms with Gasteiger partial charge in [0.15, 0.2) is 0 Å². The van der Waals surface area contributed by atoms with Crippen LogP contribution >= 0.6 is 46.1 Å². The summed E-state index contributed by atoms with van der Waals surface area (Å²) in [5.74, 6) is -0.108. The maximum Gasteiger partial charge on any atom is 0.267 e. The lowest BCUT2D eigenvalue weighted by Gasteiger charge is -2.37. The second-order valence-electron chi connectivity index (χ2n) is 7.62. The van der Waals surface area contributed by atoms with Gasteiger partial charge in [-0.3, -0.25) is 9.59 Å². The zero-order valence-corrected chi connectivity index (χ0v) is 20.5. The number of nitrogens with zero attached hydrogens (tertiary/aromatic N) is 2. The standard InChI is InChI=1S/C23H22Cl3N3O2S/c1-2-3-20(30)29-10-8-28(9-11-29)18-7-5-14(24)12-17(18)27-23(31)22-21(26)16-6-4-15(25)13-19(16)32-22/h4-7,12-13H,2-3,8-11H2,1H3,(H,27,31). The first-order valence-corrected chi connectivity index (χ1v) is 12.3. The van der Waals surface area contributed by atoms with Crippen LogP contribution in [0, 0.1) is 0 Å². The van der Waals surface area contributed by atoms with Crippen LogP contribution in [0.4, 0.5) is 11.4 Å². The summed E-state index contributed by atoms with van der Waals surface area (Å²) >= 11 is 20.1. The third-order valence-corrected chi connectivity index (χ3v) is 7.57. The Hall–Kier alpha value is -1.99. The van der Waals surface area contributed by atoms with E-state index in [4.69, 9.17) is 34.8 Å². The summed E-state index contributed by atoms with van der Waals surface area (Å²) < 4.78 is 0.854. The van der Waals surface area contributed by atoms with Crippen molar-refractivity contribution in [3.8, 4) is 0 Å². The lowest BCUT2D eigenvalue weighted by Crippen LogP contribution is -2.48. The fourth-order valence-electron chi connectivity index (χ4n) is 3.82. The molecule has 4 rings (SSSR count). The molecule has 1 aliphatic heterocycles. The Morgan fingerprint density at radius 2 is 1.69 bits per heavy atom. The van der Waals surface area contributed by atoms with E-state index in [-0.39, 0.29) is 11.8 Å². The highest BCUT2D eigenvalue weighted by atomic mass is 35.5. The maximum absolute atomic E-state index is 13.1. The molecule has 1 saturated heterocycles. The summed E-state index contributed by atoms with van der Waals surface area (Å²) in [6.45, 7) is 4.67. The third-order valence-electron chi connectivity index (χ3n) is 5.44. The number of fused-ring (bicyclic) bond motifs is 1. The van der Waals surface area contributed by atoms with Crippen LogP contribution < -0.4 is 10.2 Å². The predicted molar refractivity (Wildman–Crippen MR) is 135 cm³/mol. The molecule has 9 heteroatoms. The number of carbonyl (C=O) groups excluding carboxylic acids is 2. The Morgan fingerprint density at radius 3 is 2.41 bits per heavy atom. The highest BCUT2D eigenvalue weighted by Gasteiger charge is 2.24. The molecule has 1 fully saturated rings. The summed E-state index contributed by atoms with van der Waals surface area (Å²) in [4.78, 5) is 29.8. The monoisotopic (exact) mass is 509 g/mol. The molecule has 1 N–H and O–H groups in total. The van der Waals surface area contributed by atoms with Gasteiger partial charge in [0.1, 0.15) is 4.88 Å². The van der Waals surface area contributed by atoms with Crippen LogP contribution in [0.25, 0.3) is 10.1 Å². The molecule has 1 aliphatic rings. The number of rotatable bonds is 5. The Labute approximate surface area is 205 Å². The average molecular weight is 511 g/mol. The molecule has 0 atom stereocenters. The predicted octanol–water partition coefficient (Wildman–Crippen LogP) is 6.56. The lowest BCUT2D eigenvalue weighted by atomic mass is 10.2. The number of halogens is 3. The molecule has 168 valence electrons. The van der Waals surface area contributed by atoms with E-state index < -0.39 is 0 Å². The molecular weight excluding hydrogens is 489 g/mol. The smallest absolute Gasteiger partial charge is 0.267 e. The molecule has 5 nitrogen and oxygen atoms in total. The first-order valence-electron chi connectivity index (χ1n) is 10.4. The summed E-state index contributed by atoms with van der Waals surface area (Å²) in [6, 6.07) is 10.8. The topological polar surface area (TPSA) is 52.7 Å². The number of nitrogens with one attached hydrogen (secondary N) is 1. The van der Waals surface area contributed by atoms with Crippen molar-refractivity contribution in [1.29, 1.82) is 0 Å². The van der Waals surface area contributed by atoms with Crippen molar-refractivity contribution in [2.75, 3.05) is 36.4 Å². The largest absolute Gasteiger partial charge is 0.366 e. The van der Waals surface area contributed by atoms with E-state index >= 15 is 0 Å². The summed E-state index contributed by atoms with van der Waals surface area (Å²) in [6.07, 6.45) is 1.42. The molecule has 2 amide bonds. The van der Waals surface area contributed by atoms with Crippen molar-refractivity contribution in [3.63, 3.8) is 0 Å². The highest BCUT2D eigenvalue weighted by Crippen LogP contribution is 2.38. The van der Waals surface area contributed by atoms with Crippen molar-refractivity contribution in [2.24, 2.45) is 0 Å². The van der Waals surface area contributed by atoms with Crippen LogP contribution in [0.5, 0.6) is 0 Å². The molecule has 0 radical (unpaired) electrons. The minimum Gasteiger partial charge on any atom is -0.366 e. The molecule has 0 saturated carbocycles. The molecule has 0 spiro atoms. The van der Waals surface area contributed by atoms with Crippen LogP contribution in [0.2, 0.25) is 15.1 Å². The van der Waals surface area contributed by atoms with Gasteiger partial charge in [0.25, 0.3) is 5.91 Å². The van der Waals surface area contributed by atoms with Crippen LogP contribution in [0.3, 0.4) is 0 Å². The number of thiophene rings is 1. The molecule has 32 heavy (non-hydrogen) atoms. The summed E-state index contributed by atoms with van der Waals surface area (Å²) in [5.41, 5.74) is 1.48. The quantitative estimate of drug-likeness (QED) is 0.423. The van der Waals surface area contributed by atoms with E-state index in [1.165, 1.54) is 11.3 Å². The van der Waals surface area contributed by atoms with E-state index in [1.54, 1.807) is 24.3 Å². The van der Waals surface area contributed by atoms with Gasteiger partial charge in [-0.1, -0.05) is 47.8 Å². The fourth-order valence-corrected chi connectivity index (χ4v) is 5.68. The number of hydrogen-bond donors (Lipinski definition) is 1. The van der Waals surface area contributed by atoms with E-state index in [0.29, 0.717) is 58.2 Å². The van der Waals surface area contributed by atoms with Gasteiger partial charge < -0.3 is 15.1 Å². The van der Waals surface area contributed by atoms with Crippen molar-refractivity contribution < 1.29 is 9.59 Å². The molecule has 0 bridgehead atoms. The van der Waals surface area contributed by atoms with Crippen LogP contribution in [-0.2, 0) is 4.79 Å². The maximum atomic E-state index is 13.1. The Bertz CT molecular complexity index is 1170. The second kappa shape index (κ2) is 9.87. The average Bonchev–Trinajstić information content (AvgIpc) is 3.10. The Balaban J connectivity index is 1.55. The van der Waals surface area contributed by atoms with Gasteiger partial charge in [-0.25, -0.2) is 0 Å². The van der Waals surface area contributed by atoms with Gasteiger partial charge in [0.05, 0.1) is 16.4 Å². The first kappa shape index (κ1) is 23.2. The highest BCUT2D eigenvalue weighted by molar-refractivity contribution is 7.21. The number of carbonyl (C=O) groups is 2. The number of piperazine rings is 1. The normalized spacial score (nSPS) is 14.1. The number of anilines is 2. The molecular formula is C23H22Cl3N3O2S. The van der Waals surface area contributed by atoms with Crippen LogP contribution in [0.1, 0.15) is 29.4 Å². The van der Waals surface area contributed by atoms with Crippen LogP contribution in [-0.4, -0.2) is 42.9 Å². The molecule has 2 aromatic carbocycles. The van der Waals surface area contributed by atoms with Gasteiger partial charge >= 0.3 is 0 Å². The van der Waals surface area contributed by atoms with Gasteiger partial charge in [-0.05, 0) is 36.8 Å². The third kappa shape index (κ3) is 4.84. The summed E-state index contributed by atoms with van der Waals surface area (Å²) in [7, 11) is 0. The molecule has 0 aliphatic carbocycles. The van der Waals surface area contributed by atoms with E-state index in [0.717, 1.165) is 22.2 Å². The minimum absolute atomic E-state index is 0.191. The molecule has 3 aromatic rings. The molecule has 0 unspecified atom stereocenters. The van der Waals surface area contributed by atoms with Crippen molar-refractivity contribution >= 4 is 79.4 Å². The molecule has 2 heterocycles. The summed E-state index contributed by atoms with van der Waals surface area (Å²) in [5, 5.41) is 5.30.